The van der Waals surface area contributed by atoms with Crippen molar-refractivity contribution in [2.45, 2.75) is 12.5 Å². The summed E-state index contributed by atoms with van der Waals surface area (Å²) in [6.07, 6.45) is 0.453. The van der Waals surface area contributed by atoms with Crippen molar-refractivity contribution in [2.24, 2.45) is 5.92 Å². The molecule has 0 saturated carbocycles. The Kier molecular flexibility index (Phi) is 5.41. The molecule has 1 heterocycles. The number of ketones is 1. The van der Waals surface area contributed by atoms with Crippen LogP contribution in [0.25, 0.3) is 0 Å². The zero-order valence-corrected chi connectivity index (χ0v) is 11.9. The van der Waals surface area contributed by atoms with Crippen molar-refractivity contribution in [1.82, 2.24) is 10.6 Å². The molecule has 2 rings (SSSR count). The first-order valence-corrected chi connectivity index (χ1v) is 6.91. The maximum Gasteiger partial charge on any atom is 0.237 e. The molecule has 0 bridgehead atoms. The molecule has 1 saturated heterocycles. The topological polar surface area (TPSA) is 67.4 Å². The van der Waals surface area contributed by atoms with Crippen LogP contribution in [0.5, 0.6) is 0 Å². The Morgan fingerprint density at radius 3 is 2.76 bits per heavy atom. The molecule has 0 spiro atoms. The van der Waals surface area contributed by atoms with E-state index in [4.69, 9.17) is 4.74 Å². The van der Waals surface area contributed by atoms with Gasteiger partial charge in [-0.15, -0.1) is 0 Å². The van der Waals surface area contributed by atoms with Crippen molar-refractivity contribution in [3.8, 4) is 0 Å². The number of Topliss-reactive ketones (excluding diaryl/α,β-unsaturated/α-hetero) is 1. The molecular weight excluding hydrogens is 275 g/mol. The van der Waals surface area contributed by atoms with Gasteiger partial charge in [-0.3, -0.25) is 9.59 Å². The molecule has 5 nitrogen and oxygen atoms in total. The van der Waals surface area contributed by atoms with Crippen LogP contribution in [0.2, 0.25) is 0 Å². The van der Waals surface area contributed by atoms with Crippen LogP contribution >= 0.6 is 0 Å². The predicted molar refractivity (Wildman–Crippen MR) is 75.5 cm³/mol. The number of nitrogens with one attached hydrogen (secondary N) is 2. The van der Waals surface area contributed by atoms with Crippen LogP contribution in [-0.4, -0.2) is 44.5 Å². The predicted octanol–water partition coefficient (Wildman–Crippen LogP) is 0.749. The summed E-state index contributed by atoms with van der Waals surface area (Å²) in [5.41, 5.74) is 0.476. The summed E-state index contributed by atoms with van der Waals surface area (Å²) < 4.78 is 17.7. The first kappa shape index (κ1) is 15.6. The van der Waals surface area contributed by atoms with Gasteiger partial charge in [0.1, 0.15) is 5.82 Å². The minimum Gasteiger partial charge on any atom is -0.383 e. The van der Waals surface area contributed by atoms with Crippen molar-refractivity contribution < 1.29 is 18.7 Å². The summed E-state index contributed by atoms with van der Waals surface area (Å²) in [6, 6.07) is 5.12. The molecule has 0 aliphatic carbocycles. The third-order valence-corrected chi connectivity index (χ3v) is 3.55. The van der Waals surface area contributed by atoms with Crippen LogP contribution in [0.15, 0.2) is 24.3 Å². The second-order valence-corrected chi connectivity index (χ2v) is 5.05. The van der Waals surface area contributed by atoms with Crippen molar-refractivity contribution in [3.05, 3.63) is 35.6 Å². The van der Waals surface area contributed by atoms with E-state index in [1.165, 1.54) is 24.3 Å². The Balaban J connectivity index is 1.88. The third-order valence-electron chi connectivity index (χ3n) is 3.55. The van der Waals surface area contributed by atoms with E-state index < -0.39 is 0 Å². The summed E-state index contributed by atoms with van der Waals surface area (Å²) in [6.45, 7) is 1.36. The Bertz CT molecular complexity index is 504. The third kappa shape index (κ3) is 4.09. The number of amides is 1. The molecule has 1 fully saturated rings. The van der Waals surface area contributed by atoms with Crippen molar-refractivity contribution in [2.75, 3.05) is 26.8 Å². The molecule has 2 N–H and O–H groups in total. The maximum absolute atomic E-state index is 12.9. The van der Waals surface area contributed by atoms with Crippen molar-refractivity contribution in [1.29, 1.82) is 0 Å². The van der Waals surface area contributed by atoms with Crippen molar-refractivity contribution in [3.63, 3.8) is 0 Å². The van der Waals surface area contributed by atoms with E-state index in [1.807, 2.05) is 0 Å². The second-order valence-electron chi connectivity index (χ2n) is 5.05. The van der Waals surface area contributed by atoms with Crippen LogP contribution in [0.1, 0.15) is 16.8 Å². The van der Waals surface area contributed by atoms with E-state index in [0.29, 0.717) is 31.7 Å². The monoisotopic (exact) mass is 294 g/mol. The number of hydrogen-bond donors (Lipinski definition) is 2. The second kappa shape index (κ2) is 7.28. The molecule has 21 heavy (non-hydrogen) atoms. The lowest BCUT2D eigenvalue weighted by Crippen LogP contribution is -2.41. The standard InChI is InChI=1S/C15H19FN2O3/c1-21-7-6-17-15(20)13-8-11(9-18-13)14(19)10-2-4-12(16)5-3-10/h2-5,11,13,18H,6-9H2,1H3,(H,17,20). The van der Waals surface area contributed by atoms with E-state index >= 15 is 0 Å². The quantitative estimate of drug-likeness (QED) is 0.600. The fourth-order valence-corrected chi connectivity index (χ4v) is 2.38. The van der Waals surface area contributed by atoms with Crippen LogP contribution in [0.4, 0.5) is 4.39 Å². The molecule has 1 aromatic rings. The lowest BCUT2D eigenvalue weighted by Gasteiger charge is -2.11. The van der Waals surface area contributed by atoms with Gasteiger partial charge in [-0.05, 0) is 30.7 Å². The zero-order chi connectivity index (χ0) is 15.2. The van der Waals surface area contributed by atoms with Crippen LogP contribution in [0, 0.1) is 11.7 Å². The highest BCUT2D eigenvalue weighted by Crippen LogP contribution is 2.19. The molecule has 0 aromatic heterocycles. The van der Waals surface area contributed by atoms with Gasteiger partial charge in [0.05, 0.1) is 12.6 Å². The van der Waals surface area contributed by atoms with Gasteiger partial charge in [0.15, 0.2) is 5.78 Å². The Morgan fingerprint density at radius 2 is 2.10 bits per heavy atom. The summed E-state index contributed by atoms with van der Waals surface area (Å²) in [5.74, 6) is -0.809. The SMILES string of the molecule is COCCNC(=O)C1CC(C(=O)c2ccc(F)cc2)CN1. The number of methoxy groups -OCH3 is 1. The first-order valence-electron chi connectivity index (χ1n) is 6.91. The smallest absolute Gasteiger partial charge is 0.237 e. The Morgan fingerprint density at radius 1 is 1.38 bits per heavy atom. The van der Waals surface area contributed by atoms with Gasteiger partial charge in [0, 0.05) is 31.7 Å². The van der Waals surface area contributed by atoms with Gasteiger partial charge < -0.3 is 15.4 Å². The highest BCUT2D eigenvalue weighted by atomic mass is 19.1. The molecule has 1 aromatic carbocycles. The minimum absolute atomic E-state index is 0.0605. The molecular formula is C15H19FN2O3. The van der Waals surface area contributed by atoms with E-state index in [0.717, 1.165) is 0 Å². The number of rotatable bonds is 6. The van der Waals surface area contributed by atoms with E-state index in [9.17, 15) is 14.0 Å². The first-order chi connectivity index (χ1) is 10.1. The molecule has 1 aliphatic rings. The van der Waals surface area contributed by atoms with Crippen LogP contribution < -0.4 is 10.6 Å². The maximum atomic E-state index is 12.9. The summed E-state index contributed by atoms with van der Waals surface area (Å²) in [5, 5.41) is 5.79. The highest BCUT2D eigenvalue weighted by molar-refractivity contribution is 5.99. The fourth-order valence-electron chi connectivity index (χ4n) is 2.38. The van der Waals surface area contributed by atoms with Crippen molar-refractivity contribution >= 4 is 11.7 Å². The normalized spacial score (nSPS) is 21.2. The van der Waals surface area contributed by atoms with E-state index in [-0.39, 0.29) is 29.5 Å². The summed E-state index contributed by atoms with van der Waals surface area (Å²) in [4.78, 5) is 24.2. The molecule has 6 heteroatoms. The molecule has 2 atom stereocenters. The lowest BCUT2D eigenvalue weighted by molar-refractivity contribution is -0.123. The minimum atomic E-state index is -0.369. The number of carbonyl (C=O) groups excluding carboxylic acids is 2. The molecule has 0 radical (unpaired) electrons. The Hall–Kier alpha value is -1.79. The summed E-state index contributed by atoms with van der Waals surface area (Å²) >= 11 is 0. The number of carbonyl (C=O) groups is 2. The van der Waals surface area contributed by atoms with E-state index in [1.54, 1.807) is 7.11 Å². The van der Waals surface area contributed by atoms with Crippen LogP contribution in [-0.2, 0) is 9.53 Å². The number of hydrogen-bond acceptors (Lipinski definition) is 4. The Labute approximate surface area is 122 Å². The number of halogens is 1. The van der Waals surface area contributed by atoms with Gasteiger partial charge in [-0.2, -0.15) is 0 Å². The summed E-state index contributed by atoms with van der Waals surface area (Å²) in [7, 11) is 1.57. The van der Waals surface area contributed by atoms with E-state index in [2.05, 4.69) is 10.6 Å². The molecule has 1 aliphatic heterocycles. The largest absolute Gasteiger partial charge is 0.383 e. The lowest BCUT2D eigenvalue weighted by atomic mass is 9.95. The molecule has 2 unspecified atom stereocenters. The number of ether oxygens (including phenoxy) is 1. The van der Waals surface area contributed by atoms with Gasteiger partial charge in [-0.1, -0.05) is 0 Å². The number of benzene rings is 1. The van der Waals surface area contributed by atoms with Gasteiger partial charge in [0.25, 0.3) is 0 Å². The van der Waals surface area contributed by atoms with Gasteiger partial charge in [0.2, 0.25) is 5.91 Å². The highest BCUT2D eigenvalue weighted by Gasteiger charge is 2.33. The van der Waals surface area contributed by atoms with Crippen LogP contribution in [0.3, 0.4) is 0 Å². The zero-order valence-electron chi connectivity index (χ0n) is 11.9. The average Bonchev–Trinajstić information content (AvgIpc) is 2.97. The van der Waals surface area contributed by atoms with Gasteiger partial charge >= 0.3 is 0 Å². The van der Waals surface area contributed by atoms with Gasteiger partial charge in [-0.25, -0.2) is 4.39 Å². The molecule has 1 amide bonds. The molecule has 114 valence electrons. The fraction of sp³-hybridized carbons (Fsp3) is 0.467. The average molecular weight is 294 g/mol.